The van der Waals surface area contributed by atoms with Gasteiger partial charge in [0.1, 0.15) is 11.9 Å². The van der Waals surface area contributed by atoms with Gasteiger partial charge < -0.3 is 4.74 Å². The van der Waals surface area contributed by atoms with Crippen molar-refractivity contribution < 1.29 is 18.3 Å². The highest BCUT2D eigenvalue weighted by molar-refractivity contribution is 5.75. The van der Waals surface area contributed by atoms with Crippen LogP contribution >= 0.6 is 0 Å². The van der Waals surface area contributed by atoms with E-state index in [-0.39, 0.29) is 5.56 Å². The molecular formula is C12H14F2O2. The van der Waals surface area contributed by atoms with Gasteiger partial charge in [-0.05, 0) is 32.4 Å². The molecule has 0 aliphatic rings. The van der Waals surface area contributed by atoms with E-state index >= 15 is 0 Å². The van der Waals surface area contributed by atoms with Gasteiger partial charge in [-0.25, -0.2) is 8.78 Å². The van der Waals surface area contributed by atoms with E-state index in [4.69, 9.17) is 4.74 Å². The second kappa shape index (κ2) is 4.60. The van der Waals surface area contributed by atoms with Crippen LogP contribution in [0.4, 0.5) is 8.78 Å². The lowest BCUT2D eigenvalue weighted by Crippen LogP contribution is -2.27. The summed E-state index contributed by atoms with van der Waals surface area (Å²) in [4.78, 5) is 10.4. The van der Waals surface area contributed by atoms with Crippen molar-refractivity contribution in [3.05, 3.63) is 29.3 Å². The van der Waals surface area contributed by atoms with E-state index < -0.39 is 23.0 Å². The minimum atomic E-state index is -0.858. The summed E-state index contributed by atoms with van der Waals surface area (Å²) in [5.74, 6) is -2.15. The second-order valence-corrected chi connectivity index (χ2v) is 4.15. The summed E-state index contributed by atoms with van der Waals surface area (Å²) >= 11 is 0. The zero-order chi connectivity index (χ0) is 12.3. The molecule has 0 bridgehead atoms. The molecule has 0 saturated heterocycles. The first-order chi connectivity index (χ1) is 7.39. The SMILES string of the molecule is CCC(C)(C)Oc1c(F)cc(C=O)cc1F. The fourth-order valence-corrected chi connectivity index (χ4v) is 1.09. The maximum Gasteiger partial charge on any atom is 0.191 e. The third-order valence-corrected chi connectivity index (χ3v) is 2.39. The maximum atomic E-state index is 13.4. The summed E-state index contributed by atoms with van der Waals surface area (Å²) < 4.78 is 32.1. The summed E-state index contributed by atoms with van der Waals surface area (Å²) in [7, 11) is 0. The lowest BCUT2D eigenvalue weighted by molar-refractivity contribution is 0.0934. The Hall–Kier alpha value is -1.45. The molecule has 0 atom stereocenters. The zero-order valence-electron chi connectivity index (χ0n) is 9.51. The third kappa shape index (κ3) is 2.78. The van der Waals surface area contributed by atoms with E-state index in [2.05, 4.69) is 0 Å². The van der Waals surface area contributed by atoms with Crippen LogP contribution in [-0.4, -0.2) is 11.9 Å². The van der Waals surface area contributed by atoms with Gasteiger partial charge in [-0.2, -0.15) is 0 Å². The molecule has 1 rings (SSSR count). The molecular weight excluding hydrogens is 214 g/mol. The average Bonchev–Trinajstić information content (AvgIpc) is 2.23. The van der Waals surface area contributed by atoms with Crippen LogP contribution in [-0.2, 0) is 0 Å². The number of halogens is 2. The Balaban J connectivity index is 3.10. The predicted octanol–water partition coefficient (Wildman–Crippen LogP) is 3.34. The van der Waals surface area contributed by atoms with Gasteiger partial charge in [-0.15, -0.1) is 0 Å². The Kier molecular flexibility index (Phi) is 3.62. The molecule has 0 aliphatic carbocycles. The summed E-state index contributed by atoms with van der Waals surface area (Å²) in [6.07, 6.45) is 1.00. The molecule has 0 radical (unpaired) electrons. The number of benzene rings is 1. The lowest BCUT2D eigenvalue weighted by atomic mass is 10.1. The van der Waals surface area contributed by atoms with Crippen LogP contribution in [0, 0.1) is 11.6 Å². The van der Waals surface area contributed by atoms with Gasteiger partial charge in [-0.3, -0.25) is 4.79 Å². The van der Waals surface area contributed by atoms with Gasteiger partial charge in [0.2, 0.25) is 0 Å². The minimum absolute atomic E-state index is 0.0448. The summed E-state index contributed by atoms with van der Waals surface area (Å²) in [5.41, 5.74) is -0.693. The number of hydrogen-bond donors (Lipinski definition) is 0. The van der Waals surface area contributed by atoms with Crippen molar-refractivity contribution in [1.82, 2.24) is 0 Å². The molecule has 1 aromatic rings. The van der Waals surface area contributed by atoms with E-state index in [1.807, 2.05) is 6.92 Å². The second-order valence-electron chi connectivity index (χ2n) is 4.15. The number of rotatable bonds is 4. The molecule has 0 heterocycles. The quantitative estimate of drug-likeness (QED) is 0.739. The van der Waals surface area contributed by atoms with Gasteiger partial charge >= 0.3 is 0 Å². The molecule has 1 aromatic carbocycles. The molecule has 0 N–H and O–H groups in total. The molecule has 4 heteroatoms. The van der Waals surface area contributed by atoms with Crippen molar-refractivity contribution in [3.8, 4) is 5.75 Å². The van der Waals surface area contributed by atoms with Crippen LogP contribution < -0.4 is 4.74 Å². The van der Waals surface area contributed by atoms with Gasteiger partial charge in [-0.1, -0.05) is 6.92 Å². The van der Waals surface area contributed by atoms with E-state index in [0.29, 0.717) is 12.7 Å². The molecule has 16 heavy (non-hydrogen) atoms. The van der Waals surface area contributed by atoms with Crippen LogP contribution in [0.2, 0.25) is 0 Å². The topological polar surface area (TPSA) is 26.3 Å². The average molecular weight is 228 g/mol. The van der Waals surface area contributed by atoms with Crippen LogP contribution in [0.3, 0.4) is 0 Å². The van der Waals surface area contributed by atoms with Crippen molar-refractivity contribution >= 4 is 6.29 Å². The van der Waals surface area contributed by atoms with Crippen LogP contribution in [0.5, 0.6) is 5.75 Å². The molecule has 0 unspecified atom stereocenters. The largest absolute Gasteiger partial charge is 0.482 e. The number of aldehydes is 1. The van der Waals surface area contributed by atoms with Crippen molar-refractivity contribution in [2.75, 3.05) is 0 Å². The molecule has 0 aliphatic heterocycles. The molecule has 0 amide bonds. The van der Waals surface area contributed by atoms with Gasteiger partial charge in [0, 0.05) is 5.56 Å². The normalized spacial score (nSPS) is 11.3. The van der Waals surface area contributed by atoms with Crippen LogP contribution in [0.15, 0.2) is 12.1 Å². The van der Waals surface area contributed by atoms with Crippen molar-refractivity contribution in [2.24, 2.45) is 0 Å². The Bertz CT molecular complexity index is 377. The van der Waals surface area contributed by atoms with E-state index in [0.717, 1.165) is 12.1 Å². The highest BCUT2D eigenvalue weighted by atomic mass is 19.1. The molecule has 0 aromatic heterocycles. The summed E-state index contributed by atoms with van der Waals surface area (Å²) in [5, 5.41) is 0. The third-order valence-electron chi connectivity index (χ3n) is 2.39. The molecule has 88 valence electrons. The molecule has 0 saturated carbocycles. The fourth-order valence-electron chi connectivity index (χ4n) is 1.09. The number of ether oxygens (including phenoxy) is 1. The number of hydrogen-bond acceptors (Lipinski definition) is 2. The first-order valence-electron chi connectivity index (χ1n) is 5.03. The molecule has 0 fully saturated rings. The van der Waals surface area contributed by atoms with Gasteiger partial charge in [0.15, 0.2) is 17.4 Å². The Morgan fingerprint density at radius 3 is 2.19 bits per heavy atom. The Labute approximate surface area is 93.2 Å². The van der Waals surface area contributed by atoms with Gasteiger partial charge in [0.05, 0.1) is 0 Å². The zero-order valence-corrected chi connectivity index (χ0v) is 9.51. The van der Waals surface area contributed by atoms with E-state index in [1.165, 1.54) is 0 Å². The van der Waals surface area contributed by atoms with E-state index in [1.54, 1.807) is 13.8 Å². The maximum absolute atomic E-state index is 13.4. The Morgan fingerprint density at radius 2 is 1.81 bits per heavy atom. The monoisotopic (exact) mass is 228 g/mol. The first kappa shape index (κ1) is 12.6. The highest BCUT2D eigenvalue weighted by Gasteiger charge is 2.22. The van der Waals surface area contributed by atoms with Crippen molar-refractivity contribution in [2.45, 2.75) is 32.8 Å². The summed E-state index contributed by atoms with van der Waals surface area (Å²) in [6, 6.07) is 1.91. The highest BCUT2D eigenvalue weighted by Crippen LogP contribution is 2.27. The lowest BCUT2D eigenvalue weighted by Gasteiger charge is -2.25. The Morgan fingerprint density at radius 1 is 1.31 bits per heavy atom. The number of carbonyl (C=O) groups is 1. The van der Waals surface area contributed by atoms with Crippen LogP contribution in [0.25, 0.3) is 0 Å². The van der Waals surface area contributed by atoms with Gasteiger partial charge in [0.25, 0.3) is 0 Å². The standard InChI is InChI=1S/C12H14F2O2/c1-4-12(2,3)16-11-9(13)5-8(7-15)6-10(11)14/h5-7H,4H2,1-3H3. The van der Waals surface area contributed by atoms with Crippen molar-refractivity contribution in [1.29, 1.82) is 0 Å². The van der Waals surface area contributed by atoms with Crippen molar-refractivity contribution in [3.63, 3.8) is 0 Å². The van der Waals surface area contributed by atoms with Crippen LogP contribution in [0.1, 0.15) is 37.6 Å². The summed E-state index contributed by atoms with van der Waals surface area (Å²) in [6.45, 7) is 5.33. The number of carbonyl (C=O) groups excluding carboxylic acids is 1. The minimum Gasteiger partial charge on any atom is -0.482 e. The first-order valence-corrected chi connectivity index (χ1v) is 5.03. The van der Waals surface area contributed by atoms with E-state index in [9.17, 15) is 13.6 Å². The predicted molar refractivity (Wildman–Crippen MR) is 56.7 cm³/mol. The molecule has 2 nitrogen and oxygen atoms in total. The fraction of sp³-hybridized carbons (Fsp3) is 0.417. The molecule has 0 spiro atoms. The smallest absolute Gasteiger partial charge is 0.191 e.